The lowest BCUT2D eigenvalue weighted by Gasteiger charge is -2.27. The van der Waals surface area contributed by atoms with Gasteiger partial charge in [0.1, 0.15) is 23.7 Å². The van der Waals surface area contributed by atoms with Crippen LogP contribution in [0.4, 0.5) is 4.39 Å². The molecule has 1 aromatic carbocycles. The number of halogens is 1. The van der Waals surface area contributed by atoms with Gasteiger partial charge in [0.25, 0.3) is 0 Å². The van der Waals surface area contributed by atoms with Crippen LogP contribution in [0, 0.1) is 5.82 Å². The maximum absolute atomic E-state index is 12.7. The molecule has 0 aliphatic carbocycles. The zero-order chi connectivity index (χ0) is 13.6. The number of benzene rings is 1. The highest BCUT2D eigenvalue weighted by Gasteiger charge is 2.31. The van der Waals surface area contributed by atoms with Crippen molar-refractivity contribution >= 4 is 5.91 Å². The summed E-state index contributed by atoms with van der Waals surface area (Å²) in [4.78, 5) is 11.4. The van der Waals surface area contributed by atoms with Gasteiger partial charge in [-0.1, -0.05) is 6.92 Å². The molecule has 0 aliphatic heterocycles. The molecule has 0 aliphatic rings. The van der Waals surface area contributed by atoms with Gasteiger partial charge in [-0.25, -0.2) is 4.39 Å². The molecule has 1 amide bonds. The fourth-order valence-electron chi connectivity index (χ4n) is 1.37. The molecule has 5 heteroatoms. The third kappa shape index (κ3) is 4.00. The van der Waals surface area contributed by atoms with Crippen LogP contribution < -0.4 is 15.8 Å². The minimum Gasteiger partial charge on any atom is -0.491 e. The van der Waals surface area contributed by atoms with Crippen molar-refractivity contribution in [3.63, 3.8) is 0 Å². The van der Waals surface area contributed by atoms with Gasteiger partial charge >= 0.3 is 0 Å². The predicted molar refractivity (Wildman–Crippen MR) is 67.8 cm³/mol. The van der Waals surface area contributed by atoms with Gasteiger partial charge in [-0.2, -0.15) is 0 Å². The van der Waals surface area contributed by atoms with E-state index in [0.717, 1.165) is 6.42 Å². The summed E-state index contributed by atoms with van der Waals surface area (Å²) in [6.45, 7) is 4.46. The fourth-order valence-corrected chi connectivity index (χ4v) is 1.37. The number of hydrogen-bond acceptors (Lipinski definition) is 3. The van der Waals surface area contributed by atoms with E-state index >= 15 is 0 Å². The van der Waals surface area contributed by atoms with Crippen molar-refractivity contribution in [1.29, 1.82) is 0 Å². The monoisotopic (exact) mass is 254 g/mol. The van der Waals surface area contributed by atoms with Crippen LogP contribution in [0.3, 0.4) is 0 Å². The molecule has 0 heterocycles. The Hall–Kier alpha value is -1.62. The Bertz CT molecular complexity index is 394. The molecule has 1 unspecified atom stereocenters. The lowest BCUT2D eigenvalue weighted by atomic mass is 10.0. The second-order valence-corrected chi connectivity index (χ2v) is 4.37. The van der Waals surface area contributed by atoms with Crippen LogP contribution in [0.15, 0.2) is 24.3 Å². The lowest BCUT2D eigenvalue weighted by molar-refractivity contribution is -0.125. The Kier molecular flexibility index (Phi) is 5.09. The third-order valence-corrected chi connectivity index (χ3v) is 2.65. The summed E-state index contributed by atoms with van der Waals surface area (Å²) < 4.78 is 18.2. The van der Waals surface area contributed by atoms with Crippen molar-refractivity contribution < 1.29 is 13.9 Å². The van der Waals surface area contributed by atoms with Crippen LogP contribution in [0.25, 0.3) is 0 Å². The van der Waals surface area contributed by atoms with Gasteiger partial charge in [0, 0.05) is 0 Å². The molecule has 0 aromatic heterocycles. The van der Waals surface area contributed by atoms with Crippen LogP contribution in [-0.4, -0.2) is 24.6 Å². The van der Waals surface area contributed by atoms with Gasteiger partial charge in [-0.3, -0.25) is 4.79 Å². The Morgan fingerprint density at radius 3 is 2.56 bits per heavy atom. The van der Waals surface area contributed by atoms with E-state index in [1.807, 2.05) is 6.92 Å². The van der Waals surface area contributed by atoms with E-state index in [9.17, 15) is 9.18 Å². The van der Waals surface area contributed by atoms with Gasteiger partial charge in [0.05, 0.1) is 0 Å². The minimum absolute atomic E-state index is 0.105. The lowest BCUT2D eigenvalue weighted by Crippen LogP contribution is -2.57. The number of primary amides is 1. The molecule has 3 N–H and O–H groups in total. The third-order valence-electron chi connectivity index (χ3n) is 2.65. The summed E-state index contributed by atoms with van der Waals surface area (Å²) in [5, 5.41) is 3.05. The van der Waals surface area contributed by atoms with E-state index in [-0.39, 0.29) is 12.4 Å². The average Bonchev–Trinajstić information content (AvgIpc) is 2.35. The van der Waals surface area contributed by atoms with Crippen LogP contribution >= 0.6 is 0 Å². The van der Waals surface area contributed by atoms with Gasteiger partial charge < -0.3 is 15.8 Å². The first-order valence-electron chi connectivity index (χ1n) is 5.91. The van der Waals surface area contributed by atoms with Crippen LogP contribution in [-0.2, 0) is 4.79 Å². The first-order valence-corrected chi connectivity index (χ1v) is 5.91. The Morgan fingerprint density at radius 1 is 1.44 bits per heavy atom. The number of carbonyl (C=O) groups is 1. The number of nitrogens with one attached hydrogen (secondary N) is 1. The van der Waals surface area contributed by atoms with Crippen molar-refractivity contribution in [3.8, 4) is 5.75 Å². The number of hydrogen-bond donors (Lipinski definition) is 2. The molecule has 0 bridgehead atoms. The molecule has 18 heavy (non-hydrogen) atoms. The normalized spacial score (nSPS) is 13.9. The molecule has 0 radical (unpaired) electrons. The Morgan fingerprint density at radius 2 is 2.06 bits per heavy atom. The number of amides is 1. The van der Waals surface area contributed by atoms with Gasteiger partial charge in [-0.15, -0.1) is 0 Å². The molecule has 4 nitrogen and oxygen atoms in total. The minimum atomic E-state index is -0.926. The quantitative estimate of drug-likeness (QED) is 0.774. The van der Waals surface area contributed by atoms with Crippen LogP contribution in [0.5, 0.6) is 5.75 Å². The summed E-state index contributed by atoms with van der Waals surface area (Å²) in [5.74, 6) is -0.302. The molecule has 100 valence electrons. The van der Waals surface area contributed by atoms with E-state index in [1.54, 1.807) is 6.92 Å². The second kappa shape index (κ2) is 6.35. The van der Waals surface area contributed by atoms with E-state index in [4.69, 9.17) is 10.5 Å². The first kappa shape index (κ1) is 14.4. The van der Waals surface area contributed by atoms with Crippen LogP contribution in [0.2, 0.25) is 0 Å². The fraction of sp³-hybridized carbons (Fsp3) is 0.462. The van der Waals surface area contributed by atoms with E-state index in [2.05, 4.69) is 5.32 Å². The zero-order valence-electron chi connectivity index (χ0n) is 10.7. The SMILES string of the molecule is CCCNC(C)(COc1ccc(F)cc1)C(N)=O. The van der Waals surface area contributed by atoms with Gasteiger partial charge in [0.2, 0.25) is 5.91 Å². The molecule has 0 saturated heterocycles. The molecular weight excluding hydrogens is 235 g/mol. The standard InChI is InChI=1S/C13H19FN2O2/c1-3-8-16-13(2,12(15)17)9-18-11-6-4-10(14)5-7-11/h4-7,16H,3,8-9H2,1-2H3,(H2,15,17). The predicted octanol–water partition coefficient (Wildman–Crippen LogP) is 1.45. The van der Waals surface area contributed by atoms with Crippen molar-refractivity contribution in [2.24, 2.45) is 5.73 Å². The topological polar surface area (TPSA) is 64.3 Å². The van der Waals surface area contributed by atoms with Crippen LogP contribution in [0.1, 0.15) is 20.3 Å². The summed E-state index contributed by atoms with van der Waals surface area (Å²) in [6, 6.07) is 5.62. The maximum Gasteiger partial charge on any atom is 0.240 e. The Labute approximate surface area is 106 Å². The number of nitrogens with two attached hydrogens (primary N) is 1. The van der Waals surface area contributed by atoms with Crippen molar-refractivity contribution in [2.45, 2.75) is 25.8 Å². The molecule has 1 atom stereocenters. The highest BCUT2D eigenvalue weighted by atomic mass is 19.1. The summed E-state index contributed by atoms with van der Waals surface area (Å²) in [7, 11) is 0. The van der Waals surface area contributed by atoms with Crippen molar-refractivity contribution in [3.05, 3.63) is 30.1 Å². The second-order valence-electron chi connectivity index (χ2n) is 4.37. The maximum atomic E-state index is 12.7. The molecule has 0 saturated carbocycles. The van der Waals surface area contributed by atoms with Crippen molar-refractivity contribution in [2.75, 3.05) is 13.2 Å². The van der Waals surface area contributed by atoms with E-state index in [1.165, 1.54) is 24.3 Å². The zero-order valence-corrected chi connectivity index (χ0v) is 10.7. The summed E-state index contributed by atoms with van der Waals surface area (Å²) >= 11 is 0. The average molecular weight is 254 g/mol. The van der Waals surface area contributed by atoms with E-state index < -0.39 is 11.4 Å². The largest absolute Gasteiger partial charge is 0.491 e. The molecule has 1 rings (SSSR count). The first-order chi connectivity index (χ1) is 8.48. The summed E-state index contributed by atoms with van der Waals surface area (Å²) in [6.07, 6.45) is 0.888. The summed E-state index contributed by atoms with van der Waals surface area (Å²) in [5.41, 5.74) is 4.43. The van der Waals surface area contributed by atoms with Crippen molar-refractivity contribution in [1.82, 2.24) is 5.32 Å². The number of rotatable bonds is 7. The molecule has 1 aromatic rings. The van der Waals surface area contributed by atoms with Gasteiger partial charge in [-0.05, 0) is 44.2 Å². The smallest absolute Gasteiger partial charge is 0.240 e. The Balaban J connectivity index is 2.62. The van der Waals surface area contributed by atoms with E-state index in [0.29, 0.717) is 12.3 Å². The highest BCUT2D eigenvalue weighted by molar-refractivity contribution is 5.84. The molecule has 0 spiro atoms. The molecular formula is C13H19FN2O2. The number of ether oxygens (including phenoxy) is 1. The van der Waals surface area contributed by atoms with Gasteiger partial charge in [0.15, 0.2) is 0 Å². The molecule has 0 fully saturated rings. The number of carbonyl (C=O) groups excluding carboxylic acids is 1. The highest BCUT2D eigenvalue weighted by Crippen LogP contribution is 2.13.